The second kappa shape index (κ2) is 8.71. The quantitative estimate of drug-likeness (QED) is 0.621. The van der Waals surface area contributed by atoms with Crippen LogP contribution in [0.5, 0.6) is 0 Å². The van der Waals surface area contributed by atoms with E-state index in [9.17, 15) is 0 Å². The van der Waals surface area contributed by atoms with Gasteiger partial charge in [-0.2, -0.15) is 0 Å². The first-order valence-corrected chi connectivity index (χ1v) is 7.04. The standard InChI is InChI=1S/C15H32N2/c1-7-10-14(13-16-15(4,5)6)17(11-8-2)12-9-3/h8,14,16H,2,7,9-13H2,1,3-6H3. The van der Waals surface area contributed by atoms with Crippen molar-refractivity contribution in [2.24, 2.45) is 0 Å². The van der Waals surface area contributed by atoms with Crippen LogP contribution in [0.4, 0.5) is 0 Å². The number of nitrogens with zero attached hydrogens (tertiary/aromatic N) is 1. The molecule has 0 heterocycles. The van der Waals surface area contributed by atoms with Crippen LogP contribution in [-0.4, -0.2) is 36.1 Å². The highest BCUT2D eigenvalue weighted by Crippen LogP contribution is 2.09. The van der Waals surface area contributed by atoms with Crippen molar-refractivity contribution in [2.75, 3.05) is 19.6 Å². The van der Waals surface area contributed by atoms with Crippen LogP contribution in [0.15, 0.2) is 12.7 Å². The number of hydrogen-bond donors (Lipinski definition) is 1. The predicted molar refractivity (Wildman–Crippen MR) is 78.5 cm³/mol. The molecule has 0 rings (SSSR count). The molecule has 0 saturated heterocycles. The van der Waals surface area contributed by atoms with Gasteiger partial charge in [-0.15, -0.1) is 6.58 Å². The van der Waals surface area contributed by atoms with Crippen LogP contribution in [0, 0.1) is 0 Å². The van der Waals surface area contributed by atoms with Crippen molar-refractivity contribution in [1.82, 2.24) is 10.2 Å². The third kappa shape index (κ3) is 8.39. The van der Waals surface area contributed by atoms with E-state index in [0.29, 0.717) is 6.04 Å². The van der Waals surface area contributed by atoms with Crippen LogP contribution in [0.1, 0.15) is 53.9 Å². The van der Waals surface area contributed by atoms with Gasteiger partial charge in [-0.1, -0.05) is 26.3 Å². The zero-order valence-electron chi connectivity index (χ0n) is 12.6. The van der Waals surface area contributed by atoms with E-state index in [1.807, 2.05) is 6.08 Å². The molecule has 0 amide bonds. The van der Waals surface area contributed by atoms with E-state index in [2.05, 4.69) is 51.4 Å². The fraction of sp³-hybridized carbons (Fsp3) is 0.867. The first-order chi connectivity index (χ1) is 7.94. The molecule has 0 aromatic heterocycles. The Kier molecular flexibility index (Phi) is 8.53. The summed E-state index contributed by atoms with van der Waals surface area (Å²) < 4.78 is 0. The maximum absolute atomic E-state index is 3.87. The van der Waals surface area contributed by atoms with Crippen LogP contribution in [0.3, 0.4) is 0 Å². The fourth-order valence-corrected chi connectivity index (χ4v) is 2.05. The zero-order valence-corrected chi connectivity index (χ0v) is 12.6. The lowest BCUT2D eigenvalue weighted by molar-refractivity contribution is 0.190. The van der Waals surface area contributed by atoms with Crippen molar-refractivity contribution in [3.8, 4) is 0 Å². The van der Waals surface area contributed by atoms with E-state index in [0.717, 1.165) is 13.1 Å². The molecule has 2 heteroatoms. The topological polar surface area (TPSA) is 15.3 Å². The highest BCUT2D eigenvalue weighted by Gasteiger charge is 2.18. The third-order valence-electron chi connectivity index (χ3n) is 2.88. The van der Waals surface area contributed by atoms with Gasteiger partial charge in [-0.25, -0.2) is 0 Å². The summed E-state index contributed by atoms with van der Waals surface area (Å²) in [5, 5.41) is 3.63. The summed E-state index contributed by atoms with van der Waals surface area (Å²) >= 11 is 0. The highest BCUT2D eigenvalue weighted by atomic mass is 15.2. The van der Waals surface area contributed by atoms with Crippen molar-refractivity contribution in [2.45, 2.75) is 65.5 Å². The van der Waals surface area contributed by atoms with Crippen molar-refractivity contribution in [3.63, 3.8) is 0 Å². The minimum absolute atomic E-state index is 0.206. The first-order valence-electron chi connectivity index (χ1n) is 7.04. The van der Waals surface area contributed by atoms with Crippen LogP contribution in [0.2, 0.25) is 0 Å². The lowest BCUT2D eigenvalue weighted by Crippen LogP contribution is -2.48. The van der Waals surface area contributed by atoms with Gasteiger partial charge in [-0.3, -0.25) is 4.90 Å². The average Bonchev–Trinajstić information content (AvgIpc) is 2.23. The molecular weight excluding hydrogens is 208 g/mol. The minimum atomic E-state index is 0.206. The second-order valence-corrected chi connectivity index (χ2v) is 5.86. The molecule has 0 aromatic rings. The Morgan fingerprint density at radius 3 is 2.29 bits per heavy atom. The SMILES string of the molecule is C=CCN(CCC)C(CCC)CNC(C)(C)C. The van der Waals surface area contributed by atoms with Gasteiger partial charge in [0.25, 0.3) is 0 Å². The van der Waals surface area contributed by atoms with Gasteiger partial charge in [0.05, 0.1) is 0 Å². The molecule has 0 aliphatic heterocycles. The minimum Gasteiger partial charge on any atom is -0.311 e. The largest absolute Gasteiger partial charge is 0.311 e. The lowest BCUT2D eigenvalue weighted by atomic mass is 10.1. The number of hydrogen-bond acceptors (Lipinski definition) is 2. The maximum atomic E-state index is 3.87. The summed E-state index contributed by atoms with van der Waals surface area (Å²) in [7, 11) is 0. The van der Waals surface area contributed by atoms with Crippen molar-refractivity contribution in [3.05, 3.63) is 12.7 Å². The molecule has 2 nitrogen and oxygen atoms in total. The van der Waals surface area contributed by atoms with Crippen molar-refractivity contribution in [1.29, 1.82) is 0 Å². The molecule has 0 bridgehead atoms. The van der Waals surface area contributed by atoms with Crippen LogP contribution < -0.4 is 5.32 Å². The van der Waals surface area contributed by atoms with E-state index < -0.39 is 0 Å². The fourth-order valence-electron chi connectivity index (χ4n) is 2.05. The second-order valence-electron chi connectivity index (χ2n) is 5.86. The molecule has 17 heavy (non-hydrogen) atoms. The van der Waals surface area contributed by atoms with E-state index in [4.69, 9.17) is 0 Å². The van der Waals surface area contributed by atoms with E-state index >= 15 is 0 Å². The molecule has 0 fully saturated rings. The van der Waals surface area contributed by atoms with Gasteiger partial charge >= 0.3 is 0 Å². The van der Waals surface area contributed by atoms with Crippen molar-refractivity contribution >= 4 is 0 Å². The molecule has 1 atom stereocenters. The third-order valence-corrected chi connectivity index (χ3v) is 2.88. The molecule has 1 N–H and O–H groups in total. The predicted octanol–water partition coefficient (Wildman–Crippen LogP) is 3.44. The highest BCUT2D eigenvalue weighted by molar-refractivity contribution is 4.83. The van der Waals surface area contributed by atoms with Gasteiger partial charge in [-0.05, 0) is 40.2 Å². The summed E-state index contributed by atoms with van der Waals surface area (Å²) in [4.78, 5) is 2.55. The Bertz CT molecular complexity index is 194. The molecule has 0 aliphatic carbocycles. The van der Waals surface area contributed by atoms with Gasteiger partial charge in [0.2, 0.25) is 0 Å². The maximum Gasteiger partial charge on any atom is 0.0224 e. The first kappa shape index (κ1) is 16.7. The van der Waals surface area contributed by atoms with E-state index in [1.165, 1.54) is 25.8 Å². The molecular formula is C15H32N2. The van der Waals surface area contributed by atoms with E-state index in [1.54, 1.807) is 0 Å². The smallest absolute Gasteiger partial charge is 0.0224 e. The molecule has 0 aromatic carbocycles. The Hall–Kier alpha value is -0.340. The van der Waals surface area contributed by atoms with Gasteiger partial charge in [0, 0.05) is 24.7 Å². The summed E-state index contributed by atoms with van der Waals surface area (Å²) in [6.07, 6.45) is 5.74. The van der Waals surface area contributed by atoms with Gasteiger partial charge < -0.3 is 5.32 Å². The van der Waals surface area contributed by atoms with E-state index in [-0.39, 0.29) is 5.54 Å². The normalized spacial score (nSPS) is 14.0. The van der Waals surface area contributed by atoms with Crippen LogP contribution in [0.25, 0.3) is 0 Å². The molecule has 0 saturated carbocycles. The Balaban J connectivity index is 4.38. The van der Waals surface area contributed by atoms with Gasteiger partial charge in [0.15, 0.2) is 0 Å². The number of rotatable bonds is 9. The zero-order chi connectivity index (χ0) is 13.3. The summed E-state index contributed by atoms with van der Waals surface area (Å²) in [6, 6.07) is 0.636. The average molecular weight is 240 g/mol. The van der Waals surface area contributed by atoms with Crippen LogP contribution in [-0.2, 0) is 0 Å². The van der Waals surface area contributed by atoms with Gasteiger partial charge in [0.1, 0.15) is 0 Å². The summed E-state index contributed by atoms with van der Waals surface area (Å²) in [5.41, 5.74) is 0.206. The Morgan fingerprint density at radius 1 is 1.24 bits per heavy atom. The molecule has 0 aliphatic rings. The van der Waals surface area contributed by atoms with Crippen LogP contribution >= 0.6 is 0 Å². The Labute approximate surface area is 108 Å². The monoisotopic (exact) mass is 240 g/mol. The molecule has 1 unspecified atom stereocenters. The number of nitrogens with one attached hydrogen (secondary N) is 1. The lowest BCUT2D eigenvalue weighted by Gasteiger charge is -2.33. The molecule has 0 radical (unpaired) electrons. The summed E-state index contributed by atoms with van der Waals surface area (Å²) in [6.45, 7) is 18.3. The van der Waals surface area contributed by atoms with Crippen molar-refractivity contribution < 1.29 is 0 Å². The Morgan fingerprint density at radius 2 is 1.88 bits per heavy atom. The molecule has 0 spiro atoms. The molecule has 102 valence electrons. The summed E-state index contributed by atoms with van der Waals surface area (Å²) in [5.74, 6) is 0.